The molecule has 1 heterocycles. The summed E-state index contributed by atoms with van der Waals surface area (Å²) < 4.78 is 5.23. The molecule has 2 N–H and O–H groups in total. The van der Waals surface area contributed by atoms with Gasteiger partial charge in [0, 0.05) is 5.92 Å². The number of furan rings is 1. The molecule has 0 aromatic carbocycles. The molecule has 0 bridgehead atoms. The lowest BCUT2D eigenvalue weighted by molar-refractivity contribution is -0.122. The van der Waals surface area contributed by atoms with Gasteiger partial charge in [-0.05, 0) is 25.8 Å². The first kappa shape index (κ1) is 10.7. The Morgan fingerprint density at radius 1 is 1.56 bits per heavy atom. The van der Waals surface area contributed by atoms with Crippen molar-refractivity contribution in [2.24, 2.45) is 5.92 Å². The van der Waals surface area contributed by atoms with Gasteiger partial charge < -0.3 is 14.8 Å². The van der Waals surface area contributed by atoms with E-state index in [0.717, 1.165) is 12.8 Å². The van der Waals surface area contributed by atoms with Gasteiger partial charge in [-0.3, -0.25) is 4.79 Å². The number of aryl methyl sites for hydroxylation is 1. The van der Waals surface area contributed by atoms with E-state index in [9.17, 15) is 9.59 Å². The van der Waals surface area contributed by atoms with Crippen LogP contribution in [0.1, 0.15) is 34.7 Å². The zero-order valence-corrected chi connectivity index (χ0v) is 8.95. The summed E-state index contributed by atoms with van der Waals surface area (Å²) in [6.45, 7) is 1.85. The first-order valence-corrected chi connectivity index (χ1v) is 5.18. The zero-order chi connectivity index (χ0) is 11.7. The Bertz CT molecular complexity index is 431. The monoisotopic (exact) mass is 223 g/mol. The second-order valence-corrected chi connectivity index (χ2v) is 3.98. The van der Waals surface area contributed by atoms with Crippen LogP contribution in [0.4, 0.5) is 0 Å². The summed E-state index contributed by atoms with van der Waals surface area (Å²) in [7, 11) is 0. The van der Waals surface area contributed by atoms with Gasteiger partial charge in [-0.2, -0.15) is 0 Å². The number of carbonyl (C=O) groups excluding carboxylic acids is 1. The second-order valence-electron chi connectivity index (χ2n) is 3.98. The molecule has 86 valence electrons. The molecule has 0 spiro atoms. The van der Waals surface area contributed by atoms with E-state index in [2.05, 4.69) is 5.32 Å². The van der Waals surface area contributed by atoms with Gasteiger partial charge in [0.2, 0.25) is 5.91 Å². The topological polar surface area (TPSA) is 79.5 Å². The Balaban J connectivity index is 1.96. The highest BCUT2D eigenvalue weighted by Crippen LogP contribution is 2.28. The van der Waals surface area contributed by atoms with Crippen molar-refractivity contribution in [3.63, 3.8) is 0 Å². The first-order chi connectivity index (χ1) is 7.58. The number of nitrogens with one attached hydrogen (secondary N) is 1. The first-order valence-electron chi connectivity index (χ1n) is 5.18. The van der Waals surface area contributed by atoms with Crippen LogP contribution in [0.25, 0.3) is 0 Å². The summed E-state index contributed by atoms with van der Waals surface area (Å²) in [6, 6.07) is 1.45. The fourth-order valence-corrected chi connectivity index (χ4v) is 1.51. The van der Waals surface area contributed by atoms with E-state index in [4.69, 9.17) is 9.52 Å². The van der Waals surface area contributed by atoms with Gasteiger partial charge in [-0.25, -0.2) is 4.79 Å². The van der Waals surface area contributed by atoms with E-state index in [0.29, 0.717) is 11.5 Å². The third kappa shape index (κ3) is 2.24. The summed E-state index contributed by atoms with van der Waals surface area (Å²) in [5, 5.41) is 11.5. The SMILES string of the molecule is Cc1oc(CNC(=O)C2CC2)cc1C(=O)O. The lowest BCUT2D eigenvalue weighted by atomic mass is 10.2. The highest BCUT2D eigenvalue weighted by atomic mass is 16.4. The van der Waals surface area contributed by atoms with Gasteiger partial charge in [0.1, 0.15) is 17.1 Å². The van der Waals surface area contributed by atoms with E-state index in [1.165, 1.54) is 6.07 Å². The van der Waals surface area contributed by atoms with Crippen LogP contribution in [0, 0.1) is 12.8 Å². The van der Waals surface area contributed by atoms with Gasteiger partial charge in [-0.1, -0.05) is 0 Å². The van der Waals surface area contributed by atoms with Gasteiger partial charge >= 0.3 is 5.97 Å². The lowest BCUT2D eigenvalue weighted by Gasteiger charge is -2.00. The fourth-order valence-electron chi connectivity index (χ4n) is 1.51. The van der Waals surface area contributed by atoms with Crippen molar-refractivity contribution in [3.05, 3.63) is 23.2 Å². The summed E-state index contributed by atoms with van der Waals surface area (Å²) >= 11 is 0. The molecule has 1 aromatic heterocycles. The van der Waals surface area contributed by atoms with Crippen molar-refractivity contribution in [2.45, 2.75) is 26.3 Å². The number of carbonyl (C=O) groups is 2. The molecule has 16 heavy (non-hydrogen) atoms. The number of carboxylic acids is 1. The fraction of sp³-hybridized carbons (Fsp3) is 0.455. The molecule has 5 nitrogen and oxygen atoms in total. The highest BCUT2D eigenvalue weighted by molar-refractivity contribution is 5.88. The molecular formula is C11H13NO4. The minimum absolute atomic E-state index is 0.0194. The molecule has 0 atom stereocenters. The maximum atomic E-state index is 11.3. The maximum Gasteiger partial charge on any atom is 0.339 e. The van der Waals surface area contributed by atoms with Crippen molar-refractivity contribution in [3.8, 4) is 0 Å². The molecule has 2 rings (SSSR count). The average Bonchev–Trinajstić information content (AvgIpc) is 2.99. The maximum absolute atomic E-state index is 11.3. The molecule has 1 fully saturated rings. The Labute approximate surface area is 92.4 Å². The van der Waals surface area contributed by atoms with E-state index >= 15 is 0 Å². The smallest absolute Gasteiger partial charge is 0.339 e. The van der Waals surface area contributed by atoms with Crippen LogP contribution in [-0.4, -0.2) is 17.0 Å². The number of hydrogen-bond donors (Lipinski definition) is 2. The van der Waals surface area contributed by atoms with Gasteiger partial charge in [0.15, 0.2) is 0 Å². The number of amides is 1. The van der Waals surface area contributed by atoms with Crippen molar-refractivity contribution in [1.29, 1.82) is 0 Å². The van der Waals surface area contributed by atoms with Crippen LogP contribution in [0.5, 0.6) is 0 Å². The number of carboxylic acid groups (broad SMARTS) is 1. The van der Waals surface area contributed by atoms with Gasteiger partial charge in [0.05, 0.1) is 6.54 Å². The minimum atomic E-state index is -1.01. The standard InChI is InChI=1S/C11H13NO4/c1-6-9(11(14)15)4-8(16-6)5-12-10(13)7-2-3-7/h4,7H,2-3,5H2,1H3,(H,12,13)(H,14,15). The molecule has 5 heteroatoms. The summed E-state index contributed by atoms with van der Waals surface area (Å²) in [5.74, 6) is -0.00554. The number of rotatable bonds is 4. The Morgan fingerprint density at radius 3 is 2.75 bits per heavy atom. The Morgan fingerprint density at radius 2 is 2.25 bits per heavy atom. The van der Waals surface area contributed by atoms with Crippen LogP contribution < -0.4 is 5.32 Å². The number of aromatic carboxylic acids is 1. The van der Waals surface area contributed by atoms with Crippen LogP contribution in [-0.2, 0) is 11.3 Å². The zero-order valence-electron chi connectivity index (χ0n) is 8.95. The molecule has 0 saturated heterocycles. The largest absolute Gasteiger partial charge is 0.478 e. The Kier molecular flexibility index (Phi) is 2.68. The van der Waals surface area contributed by atoms with Crippen molar-refractivity contribution in [1.82, 2.24) is 5.32 Å². The second kappa shape index (κ2) is 4.00. The molecule has 0 unspecified atom stereocenters. The van der Waals surface area contributed by atoms with Gasteiger partial charge in [-0.15, -0.1) is 0 Å². The van der Waals surface area contributed by atoms with Crippen molar-refractivity contribution < 1.29 is 19.1 Å². The molecule has 1 aliphatic carbocycles. The van der Waals surface area contributed by atoms with Crippen LogP contribution in [0.15, 0.2) is 10.5 Å². The normalized spacial score (nSPS) is 14.8. The van der Waals surface area contributed by atoms with E-state index in [1.54, 1.807) is 6.92 Å². The summed E-state index contributed by atoms with van der Waals surface area (Å²) in [6.07, 6.45) is 1.90. The van der Waals surface area contributed by atoms with Crippen LogP contribution >= 0.6 is 0 Å². The molecule has 1 amide bonds. The summed E-state index contributed by atoms with van der Waals surface area (Å²) in [5.41, 5.74) is 0.149. The van der Waals surface area contributed by atoms with Crippen molar-refractivity contribution in [2.75, 3.05) is 0 Å². The minimum Gasteiger partial charge on any atom is -0.478 e. The van der Waals surface area contributed by atoms with Crippen LogP contribution in [0.3, 0.4) is 0 Å². The van der Waals surface area contributed by atoms with E-state index < -0.39 is 5.97 Å². The predicted octanol–water partition coefficient (Wildman–Crippen LogP) is 1.31. The molecular weight excluding hydrogens is 210 g/mol. The highest BCUT2D eigenvalue weighted by Gasteiger charge is 2.29. The van der Waals surface area contributed by atoms with Crippen molar-refractivity contribution >= 4 is 11.9 Å². The Hall–Kier alpha value is -1.78. The quantitative estimate of drug-likeness (QED) is 0.806. The lowest BCUT2D eigenvalue weighted by Crippen LogP contribution is -2.23. The van der Waals surface area contributed by atoms with E-state index in [1.807, 2.05) is 0 Å². The molecule has 1 aliphatic rings. The van der Waals surface area contributed by atoms with E-state index in [-0.39, 0.29) is 23.9 Å². The molecule has 0 aliphatic heterocycles. The van der Waals surface area contributed by atoms with Crippen LogP contribution in [0.2, 0.25) is 0 Å². The third-order valence-corrected chi connectivity index (χ3v) is 2.58. The molecule has 1 saturated carbocycles. The van der Waals surface area contributed by atoms with Gasteiger partial charge in [0.25, 0.3) is 0 Å². The molecule has 1 aromatic rings. The number of hydrogen-bond acceptors (Lipinski definition) is 3. The molecule has 0 radical (unpaired) electrons. The average molecular weight is 223 g/mol. The predicted molar refractivity (Wildman–Crippen MR) is 55.0 cm³/mol. The summed E-state index contributed by atoms with van der Waals surface area (Å²) in [4.78, 5) is 22.1. The third-order valence-electron chi connectivity index (χ3n) is 2.58.